The van der Waals surface area contributed by atoms with Crippen molar-refractivity contribution in [1.29, 1.82) is 0 Å². The fourth-order valence-electron chi connectivity index (χ4n) is 4.19. The molecule has 2 bridgehead atoms. The van der Waals surface area contributed by atoms with Gasteiger partial charge in [-0.3, -0.25) is 9.48 Å². The van der Waals surface area contributed by atoms with Gasteiger partial charge in [-0.1, -0.05) is 0 Å². The van der Waals surface area contributed by atoms with E-state index in [4.69, 9.17) is 0 Å². The summed E-state index contributed by atoms with van der Waals surface area (Å²) in [5.74, 6) is 1.57. The number of carbonyl (C=O) groups excluding carboxylic acids is 1. The number of aryl methyl sites for hydroxylation is 2. The average Bonchev–Trinajstić information content (AvgIpc) is 3.14. The molecule has 116 valence electrons. The van der Waals surface area contributed by atoms with Crippen LogP contribution in [0.5, 0.6) is 0 Å². The minimum atomic E-state index is 0.106. The predicted molar refractivity (Wildman–Crippen MR) is 79.6 cm³/mol. The van der Waals surface area contributed by atoms with Gasteiger partial charge in [0.25, 0.3) is 0 Å². The second-order valence-corrected chi connectivity index (χ2v) is 6.65. The molecule has 0 saturated heterocycles. The summed E-state index contributed by atoms with van der Waals surface area (Å²) in [7, 11) is 1.92. The quantitative estimate of drug-likeness (QED) is 0.856. The zero-order valence-corrected chi connectivity index (χ0v) is 12.9. The molecular weight excluding hydrogens is 266 g/mol. The lowest BCUT2D eigenvalue weighted by Crippen LogP contribution is -2.45. The van der Waals surface area contributed by atoms with E-state index in [0.29, 0.717) is 18.3 Å². The highest BCUT2D eigenvalue weighted by Crippen LogP contribution is 2.48. The van der Waals surface area contributed by atoms with Crippen LogP contribution in [0.4, 0.5) is 0 Å². The van der Waals surface area contributed by atoms with Crippen LogP contribution in [0.25, 0.3) is 0 Å². The van der Waals surface area contributed by atoms with Crippen molar-refractivity contribution >= 4 is 5.91 Å². The van der Waals surface area contributed by atoms with E-state index in [1.807, 2.05) is 24.9 Å². The monoisotopic (exact) mass is 291 g/mol. The van der Waals surface area contributed by atoms with Crippen molar-refractivity contribution in [2.45, 2.75) is 45.1 Å². The van der Waals surface area contributed by atoms with Gasteiger partial charge < -0.3 is 10.4 Å². The first-order valence-corrected chi connectivity index (χ1v) is 7.98. The normalized spacial score (nSPS) is 30.8. The molecule has 5 nitrogen and oxygen atoms in total. The van der Waals surface area contributed by atoms with Gasteiger partial charge in [-0.15, -0.1) is 0 Å². The molecule has 2 aliphatic carbocycles. The third kappa shape index (κ3) is 2.71. The predicted octanol–water partition coefficient (Wildman–Crippen LogP) is 1.18. The van der Waals surface area contributed by atoms with Crippen LogP contribution in [0.15, 0.2) is 6.20 Å². The average molecular weight is 291 g/mol. The molecule has 4 atom stereocenters. The molecule has 5 heteroatoms. The largest absolute Gasteiger partial charge is 0.396 e. The summed E-state index contributed by atoms with van der Waals surface area (Å²) in [6.07, 6.45) is 6.67. The number of hydrogen-bond acceptors (Lipinski definition) is 3. The molecule has 21 heavy (non-hydrogen) atoms. The summed E-state index contributed by atoms with van der Waals surface area (Å²) in [5, 5.41) is 16.9. The smallest absolute Gasteiger partial charge is 0.220 e. The van der Waals surface area contributed by atoms with E-state index < -0.39 is 0 Å². The second kappa shape index (κ2) is 5.79. The Labute approximate surface area is 125 Å². The highest BCUT2D eigenvalue weighted by molar-refractivity contribution is 5.76. The molecule has 4 unspecified atom stereocenters. The van der Waals surface area contributed by atoms with E-state index in [1.54, 1.807) is 0 Å². The van der Waals surface area contributed by atoms with E-state index in [9.17, 15) is 9.90 Å². The van der Waals surface area contributed by atoms with Gasteiger partial charge in [-0.25, -0.2) is 0 Å². The van der Waals surface area contributed by atoms with Crippen molar-refractivity contribution < 1.29 is 9.90 Å². The standard InChI is InChI=1S/C16H25N3O2/c1-10-13(8-17-19(10)2)5-6-15(21)18-16-12-4-3-11(7-12)14(16)9-20/h8,11-12,14,16,20H,3-7,9H2,1-2H3,(H,18,21). The third-order valence-corrected chi connectivity index (χ3v) is 5.59. The molecule has 0 spiro atoms. The minimum absolute atomic E-state index is 0.106. The van der Waals surface area contributed by atoms with Crippen LogP contribution in [0.2, 0.25) is 0 Å². The highest BCUT2D eigenvalue weighted by atomic mass is 16.3. The first-order chi connectivity index (χ1) is 10.1. The Morgan fingerprint density at radius 2 is 2.24 bits per heavy atom. The fraction of sp³-hybridized carbons (Fsp3) is 0.750. The van der Waals surface area contributed by atoms with Crippen LogP contribution in [-0.4, -0.2) is 33.4 Å². The number of nitrogens with zero attached hydrogens (tertiary/aromatic N) is 2. The van der Waals surface area contributed by atoms with E-state index in [2.05, 4.69) is 10.4 Å². The first-order valence-electron chi connectivity index (χ1n) is 7.98. The molecule has 1 aromatic rings. The molecule has 1 heterocycles. The van der Waals surface area contributed by atoms with Crippen molar-refractivity contribution in [2.75, 3.05) is 6.61 Å². The Morgan fingerprint density at radius 1 is 1.48 bits per heavy atom. The molecule has 1 amide bonds. The zero-order valence-electron chi connectivity index (χ0n) is 12.9. The van der Waals surface area contributed by atoms with Crippen LogP contribution in [0.1, 0.15) is 36.9 Å². The number of rotatable bonds is 5. The molecule has 2 N–H and O–H groups in total. The fourth-order valence-corrected chi connectivity index (χ4v) is 4.19. The van der Waals surface area contributed by atoms with Crippen LogP contribution >= 0.6 is 0 Å². The van der Waals surface area contributed by atoms with Gasteiger partial charge in [0.2, 0.25) is 5.91 Å². The van der Waals surface area contributed by atoms with E-state index in [1.165, 1.54) is 19.3 Å². The van der Waals surface area contributed by atoms with Crippen LogP contribution < -0.4 is 5.32 Å². The van der Waals surface area contributed by atoms with Crippen LogP contribution in [-0.2, 0) is 18.3 Å². The van der Waals surface area contributed by atoms with Crippen molar-refractivity contribution in [3.63, 3.8) is 0 Å². The number of fused-ring (bicyclic) bond motifs is 2. The summed E-state index contributed by atoms with van der Waals surface area (Å²) in [6.45, 7) is 2.23. The van der Waals surface area contributed by atoms with E-state index in [-0.39, 0.29) is 24.5 Å². The van der Waals surface area contributed by atoms with Gasteiger partial charge >= 0.3 is 0 Å². The van der Waals surface area contributed by atoms with Crippen molar-refractivity contribution in [1.82, 2.24) is 15.1 Å². The molecule has 0 aromatic carbocycles. The summed E-state index contributed by atoms with van der Waals surface area (Å²) in [5.41, 5.74) is 2.26. The maximum absolute atomic E-state index is 12.2. The van der Waals surface area contributed by atoms with E-state index >= 15 is 0 Å². The first kappa shape index (κ1) is 14.6. The van der Waals surface area contributed by atoms with Crippen LogP contribution in [0.3, 0.4) is 0 Å². The summed E-state index contributed by atoms with van der Waals surface area (Å²) in [6, 6.07) is 0.191. The molecule has 0 radical (unpaired) electrons. The molecule has 3 rings (SSSR count). The Bertz CT molecular complexity index is 526. The number of carbonyl (C=O) groups is 1. The minimum Gasteiger partial charge on any atom is -0.396 e. The van der Waals surface area contributed by atoms with Crippen LogP contribution in [0, 0.1) is 24.7 Å². The van der Waals surface area contributed by atoms with Gasteiger partial charge in [-0.2, -0.15) is 5.10 Å². The van der Waals surface area contributed by atoms with Crippen molar-refractivity contribution in [3.8, 4) is 0 Å². The summed E-state index contributed by atoms with van der Waals surface area (Å²) < 4.78 is 1.84. The summed E-state index contributed by atoms with van der Waals surface area (Å²) in [4.78, 5) is 12.2. The number of aliphatic hydroxyl groups excluding tert-OH is 1. The topological polar surface area (TPSA) is 67.2 Å². The second-order valence-electron chi connectivity index (χ2n) is 6.65. The number of aliphatic hydroxyl groups is 1. The van der Waals surface area contributed by atoms with Gasteiger partial charge in [0, 0.05) is 37.7 Å². The molecule has 1 aromatic heterocycles. The Morgan fingerprint density at radius 3 is 2.90 bits per heavy atom. The lowest BCUT2D eigenvalue weighted by molar-refractivity contribution is -0.122. The zero-order chi connectivity index (χ0) is 15.0. The van der Waals surface area contributed by atoms with Gasteiger partial charge in [-0.05, 0) is 50.0 Å². The number of amides is 1. The lowest BCUT2D eigenvalue weighted by Gasteiger charge is -2.30. The Hall–Kier alpha value is -1.36. The molecule has 2 aliphatic rings. The number of aromatic nitrogens is 2. The summed E-state index contributed by atoms with van der Waals surface area (Å²) >= 11 is 0. The van der Waals surface area contributed by atoms with E-state index in [0.717, 1.165) is 17.7 Å². The number of hydrogen-bond donors (Lipinski definition) is 2. The maximum atomic E-state index is 12.2. The Balaban J connectivity index is 1.53. The Kier molecular flexibility index (Phi) is 4.02. The molecule has 2 saturated carbocycles. The highest BCUT2D eigenvalue weighted by Gasteiger charge is 2.47. The number of nitrogens with one attached hydrogen (secondary N) is 1. The maximum Gasteiger partial charge on any atom is 0.220 e. The van der Waals surface area contributed by atoms with Gasteiger partial charge in [0.05, 0.1) is 6.20 Å². The molecule has 2 fully saturated rings. The SMILES string of the molecule is Cc1c(CCC(=O)NC2C3CCC(C3)C2CO)cnn1C. The van der Waals surface area contributed by atoms with Gasteiger partial charge in [0.15, 0.2) is 0 Å². The lowest BCUT2D eigenvalue weighted by atomic mass is 9.85. The molecular formula is C16H25N3O2. The van der Waals surface area contributed by atoms with Gasteiger partial charge in [0.1, 0.15) is 0 Å². The molecule has 0 aliphatic heterocycles. The third-order valence-electron chi connectivity index (χ3n) is 5.59. The van der Waals surface area contributed by atoms with Crippen molar-refractivity contribution in [2.24, 2.45) is 24.8 Å². The van der Waals surface area contributed by atoms with Crippen molar-refractivity contribution in [3.05, 3.63) is 17.5 Å².